The molecule has 212 valence electrons. The lowest BCUT2D eigenvalue weighted by Gasteiger charge is -2.35. The molecular weight excluding hydrogens is 519 g/mol. The summed E-state index contributed by atoms with van der Waals surface area (Å²) in [7, 11) is 1.82. The van der Waals surface area contributed by atoms with Crippen LogP contribution in [0.25, 0.3) is 10.8 Å². The normalized spacial score (nSPS) is 13.4. The van der Waals surface area contributed by atoms with Gasteiger partial charge in [0, 0.05) is 51.1 Å². The van der Waals surface area contributed by atoms with E-state index in [9.17, 15) is 23.6 Å². The molecule has 4 rings (SSSR count). The first-order valence-corrected chi connectivity index (χ1v) is 13.1. The van der Waals surface area contributed by atoms with Gasteiger partial charge in [0.2, 0.25) is 12.3 Å². The third kappa shape index (κ3) is 7.07. The van der Waals surface area contributed by atoms with Crippen molar-refractivity contribution in [3.8, 4) is 0 Å². The number of carbonyl (C=O) groups is 3. The van der Waals surface area contributed by atoms with Gasteiger partial charge >= 0.3 is 0 Å². The summed E-state index contributed by atoms with van der Waals surface area (Å²) >= 11 is 0. The Hall–Kier alpha value is -4.16. The van der Waals surface area contributed by atoms with Gasteiger partial charge in [0.25, 0.3) is 11.5 Å². The summed E-state index contributed by atoms with van der Waals surface area (Å²) in [5.74, 6) is -1.31. The van der Waals surface area contributed by atoms with E-state index >= 15 is 0 Å². The SMILES string of the molecule is CNCCOCCN(C=O)CC(=O)N1CCN(C(=O)c2cc(Cc3n[nH]c(=O)c4ccccc34)ccc2F)CC1. The molecule has 2 heterocycles. The first-order valence-electron chi connectivity index (χ1n) is 13.1. The molecule has 2 aromatic carbocycles. The van der Waals surface area contributed by atoms with Gasteiger partial charge in [-0.2, -0.15) is 5.10 Å². The number of benzene rings is 2. The maximum atomic E-state index is 14.8. The van der Waals surface area contributed by atoms with Crippen LogP contribution in [0, 0.1) is 5.82 Å². The number of aromatic amines is 1. The van der Waals surface area contributed by atoms with Crippen LogP contribution in [0.2, 0.25) is 0 Å². The minimum absolute atomic E-state index is 0.0589. The first kappa shape index (κ1) is 28.8. The molecule has 0 unspecified atom stereocenters. The molecule has 3 amide bonds. The van der Waals surface area contributed by atoms with E-state index < -0.39 is 11.7 Å². The van der Waals surface area contributed by atoms with Crippen molar-refractivity contribution in [2.45, 2.75) is 6.42 Å². The summed E-state index contributed by atoms with van der Waals surface area (Å²) in [6, 6.07) is 11.5. The molecule has 0 saturated carbocycles. The van der Waals surface area contributed by atoms with Crippen molar-refractivity contribution >= 4 is 29.0 Å². The second-order valence-electron chi connectivity index (χ2n) is 9.50. The average molecular weight is 553 g/mol. The van der Waals surface area contributed by atoms with Crippen LogP contribution in [-0.2, 0) is 20.7 Å². The van der Waals surface area contributed by atoms with Crippen LogP contribution < -0.4 is 10.9 Å². The van der Waals surface area contributed by atoms with Crippen molar-refractivity contribution in [3.63, 3.8) is 0 Å². The van der Waals surface area contributed by atoms with Crippen molar-refractivity contribution in [3.05, 3.63) is 75.5 Å². The van der Waals surface area contributed by atoms with Crippen LogP contribution in [0.5, 0.6) is 0 Å². The van der Waals surface area contributed by atoms with Gasteiger partial charge in [-0.25, -0.2) is 9.49 Å². The fourth-order valence-electron chi connectivity index (χ4n) is 4.58. The lowest BCUT2D eigenvalue weighted by Crippen LogP contribution is -2.52. The Balaban J connectivity index is 1.35. The Labute approximate surface area is 230 Å². The van der Waals surface area contributed by atoms with Crippen molar-refractivity contribution in [1.29, 1.82) is 0 Å². The van der Waals surface area contributed by atoms with Crippen LogP contribution in [-0.4, -0.2) is 109 Å². The Morgan fingerprint density at radius 1 is 1.10 bits per heavy atom. The summed E-state index contributed by atoms with van der Waals surface area (Å²) in [4.78, 5) is 53.9. The summed E-state index contributed by atoms with van der Waals surface area (Å²) in [5, 5.41) is 10.8. The van der Waals surface area contributed by atoms with E-state index in [0.717, 1.165) is 0 Å². The number of amides is 3. The molecule has 1 aliphatic rings. The number of hydrogen-bond acceptors (Lipinski definition) is 7. The number of piperazine rings is 1. The number of likely N-dealkylation sites (N-methyl/N-ethyl adjacent to an activating group) is 1. The Bertz CT molecular complexity index is 1410. The van der Waals surface area contributed by atoms with Crippen LogP contribution in [0.1, 0.15) is 21.6 Å². The average Bonchev–Trinajstić information content (AvgIpc) is 2.98. The van der Waals surface area contributed by atoms with E-state index in [-0.39, 0.29) is 49.8 Å². The van der Waals surface area contributed by atoms with Gasteiger partial charge in [0.1, 0.15) is 5.82 Å². The molecule has 0 aliphatic carbocycles. The predicted octanol–water partition coefficient (Wildman–Crippen LogP) is 0.632. The quantitative estimate of drug-likeness (QED) is 0.249. The molecule has 2 N–H and O–H groups in total. The molecule has 40 heavy (non-hydrogen) atoms. The fourth-order valence-corrected chi connectivity index (χ4v) is 4.58. The number of nitrogens with one attached hydrogen (secondary N) is 2. The zero-order valence-electron chi connectivity index (χ0n) is 22.4. The number of hydrogen-bond donors (Lipinski definition) is 2. The summed E-state index contributed by atoms with van der Waals surface area (Å²) in [5.41, 5.74) is 0.935. The molecule has 1 saturated heterocycles. The Morgan fingerprint density at radius 3 is 2.55 bits per heavy atom. The molecule has 1 aromatic heterocycles. The number of carbonyl (C=O) groups excluding carboxylic acids is 3. The molecule has 11 nitrogen and oxygen atoms in total. The van der Waals surface area contributed by atoms with Crippen LogP contribution >= 0.6 is 0 Å². The Kier molecular flexibility index (Phi) is 9.92. The number of rotatable bonds is 12. The first-order chi connectivity index (χ1) is 19.4. The molecule has 0 bridgehead atoms. The highest BCUT2D eigenvalue weighted by atomic mass is 19.1. The maximum Gasteiger partial charge on any atom is 0.272 e. The molecule has 1 fully saturated rings. The van der Waals surface area contributed by atoms with E-state index in [1.807, 2.05) is 13.1 Å². The second-order valence-corrected chi connectivity index (χ2v) is 9.50. The van der Waals surface area contributed by atoms with Crippen molar-refractivity contribution in [2.24, 2.45) is 0 Å². The van der Waals surface area contributed by atoms with Gasteiger partial charge < -0.3 is 24.8 Å². The Morgan fingerprint density at radius 2 is 1.82 bits per heavy atom. The zero-order chi connectivity index (χ0) is 28.5. The molecule has 3 aromatic rings. The van der Waals surface area contributed by atoms with Crippen LogP contribution in [0.3, 0.4) is 0 Å². The standard InChI is InChI=1S/C28H33FN6O5/c1-30-8-14-40-15-13-33(19-36)18-26(37)34-9-11-35(12-10-34)28(39)23-16-20(6-7-24(23)29)17-25-21-4-2-3-5-22(21)27(38)32-31-25/h2-7,16,19,30H,8-15,17-18H2,1H3,(H,32,38). The lowest BCUT2D eigenvalue weighted by atomic mass is 10.0. The number of fused-ring (bicyclic) bond motifs is 1. The minimum atomic E-state index is -0.634. The maximum absolute atomic E-state index is 14.8. The molecule has 1 aliphatic heterocycles. The summed E-state index contributed by atoms with van der Waals surface area (Å²) in [6.45, 7) is 2.82. The highest BCUT2D eigenvalue weighted by molar-refractivity contribution is 5.95. The number of nitrogens with zero attached hydrogens (tertiary/aromatic N) is 4. The van der Waals surface area contributed by atoms with Gasteiger partial charge in [-0.05, 0) is 30.8 Å². The number of ether oxygens (including phenoxy) is 1. The third-order valence-corrected chi connectivity index (χ3v) is 6.83. The van der Waals surface area contributed by atoms with Gasteiger partial charge in [-0.1, -0.05) is 24.3 Å². The molecule has 0 atom stereocenters. The molecular formula is C28H33FN6O5. The van der Waals surface area contributed by atoms with E-state index in [1.165, 1.54) is 21.9 Å². The highest BCUT2D eigenvalue weighted by Crippen LogP contribution is 2.20. The van der Waals surface area contributed by atoms with E-state index in [2.05, 4.69) is 15.5 Å². The molecule has 12 heteroatoms. The molecule has 0 spiro atoms. The third-order valence-electron chi connectivity index (χ3n) is 6.83. The van der Waals surface area contributed by atoms with Crippen molar-refractivity contribution in [2.75, 3.05) is 66.1 Å². The zero-order valence-corrected chi connectivity index (χ0v) is 22.4. The molecule has 0 radical (unpaired) electrons. The largest absolute Gasteiger partial charge is 0.378 e. The van der Waals surface area contributed by atoms with Gasteiger partial charge in [-0.15, -0.1) is 0 Å². The predicted molar refractivity (Wildman–Crippen MR) is 146 cm³/mol. The van der Waals surface area contributed by atoms with E-state index in [1.54, 1.807) is 29.2 Å². The summed E-state index contributed by atoms with van der Waals surface area (Å²) in [6.07, 6.45) is 0.925. The fraction of sp³-hybridized carbons (Fsp3) is 0.393. The second kappa shape index (κ2) is 13.8. The van der Waals surface area contributed by atoms with Gasteiger partial charge in [-0.3, -0.25) is 19.2 Å². The minimum Gasteiger partial charge on any atom is -0.378 e. The smallest absolute Gasteiger partial charge is 0.272 e. The monoisotopic (exact) mass is 552 g/mol. The van der Waals surface area contributed by atoms with E-state index in [0.29, 0.717) is 61.2 Å². The number of H-pyrrole nitrogens is 1. The van der Waals surface area contributed by atoms with Crippen LogP contribution in [0.4, 0.5) is 4.39 Å². The number of aromatic nitrogens is 2. The van der Waals surface area contributed by atoms with Gasteiger partial charge in [0.05, 0.1) is 36.4 Å². The van der Waals surface area contributed by atoms with Crippen molar-refractivity contribution in [1.82, 2.24) is 30.2 Å². The van der Waals surface area contributed by atoms with Crippen LogP contribution in [0.15, 0.2) is 47.3 Å². The lowest BCUT2D eigenvalue weighted by molar-refractivity contribution is -0.137. The summed E-state index contributed by atoms with van der Waals surface area (Å²) < 4.78 is 20.2. The number of halogens is 1. The van der Waals surface area contributed by atoms with Gasteiger partial charge in [0.15, 0.2) is 0 Å². The van der Waals surface area contributed by atoms with Crippen molar-refractivity contribution < 1.29 is 23.5 Å². The topological polar surface area (TPSA) is 128 Å². The van der Waals surface area contributed by atoms with E-state index in [4.69, 9.17) is 4.74 Å². The highest BCUT2D eigenvalue weighted by Gasteiger charge is 2.27.